The topological polar surface area (TPSA) is 36.0 Å². The second kappa shape index (κ2) is 5.39. The molecule has 3 saturated heterocycles. The second-order valence-corrected chi connectivity index (χ2v) is 6.92. The zero-order valence-electron chi connectivity index (χ0n) is 13.1. The van der Waals surface area contributed by atoms with Gasteiger partial charge in [-0.15, -0.1) is 11.3 Å². The maximum Gasteiger partial charge on any atom is 0.122 e. The SMILES string of the molecule is C=CC1C[N+]2(F)CCC1CC2C([O-])c1ccnc2ccccc12. The van der Waals surface area contributed by atoms with Crippen LogP contribution in [0.5, 0.6) is 0 Å². The minimum Gasteiger partial charge on any atom is -0.844 e. The first kappa shape index (κ1) is 14.8. The van der Waals surface area contributed by atoms with Crippen LogP contribution in [0, 0.1) is 11.8 Å². The minimum absolute atomic E-state index is 0.200. The van der Waals surface area contributed by atoms with Crippen LogP contribution in [0.1, 0.15) is 24.5 Å². The highest BCUT2D eigenvalue weighted by molar-refractivity contribution is 5.82. The van der Waals surface area contributed by atoms with Gasteiger partial charge in [0.05, 0.1) is 5.52 Å². The molecule has 0 spiro atoms. The third-order valence-electron chi connectivity index (χ3n) is 5.77. The van der Waals surface area contributed by atoms with Crippen LogP contribution >= 0.6 is 0 Å². The molecule has 0 saturated carbocycles. The number of hydrogen-bond donors (Lipinski definition) is 0. The summed E-state index contributed by atoms with van der Waals surface area (Å²) >= 11 is 0. The summed E-state index contributed by atoms with van der Waals surface area (Å²) in [5, 5.41) is 14.0. The average Bonchev–Trinajstić information content (AvgIpc) is 2.60. The predicted molar refractivity (Wildman–Crippen MR) is 85.8 cm³/mol. The predicted octanol–water partition coefficient (Wildman–Crippen LogP) is 2.93. The van der Waals surface area contributed by atoms with Crippen molar-refractivity contribution in [2.75, 3.05) is 13.1 Å². The van der Waals surface area contributed by atoms with E-state index in [4.69, 9.17) is 0 Å². The van der Waals surface area contributed by atoms with E-state index in [1.54, 1.807) is 12.3 Å². The van der Waals surface area contributed by atoms with Gasteiger partial charge in [-0.1, -0.05) is 24.3 Å². The van der Waals surface area contributed by atoms with Crippen molar-refractivity contribution in [1.82, 2.24) is 4.98 Å². The van der Waals surface area contributed by atoms with Crippen LogP contribution < -0.4 is 5.11 Å². The van der Waals surface area contributed by atoms with E-state index in [-0.39, 0.29) is 5.92 Å². The average molecular weight is 312 g/mol. The number of aromatic nitrogens is 1. The molecule has 5 unspecified atom stereocenters. The van der Waals surface area contributed by atoms with E-state index in [2.05, 4.69) is 11.6 Å². The van der Waals surface area contributed by atoms with Gasteiger partial charge < -0.3 is 5.11 Å². The first-order valence-corrected chi connectivity index (χ1v) is 8.31. The first-order chi connectivity index (χ1) is 11.1. The van der Waals surface area contributed by atoms with Crippen molar-refractivity contribution in [3.05, 3.63) is 54.7 Å². The fourth-order valence-corrected chi connectivity index (χ4v) is 4.48. The molecule has 5 rings (SSSR count). The normalized spacial score (nSPS) is 34.4. The number of fused-ring (bicyclic) bond motifs is 4. The van der Waals surface area contributed by atoms with Gasteiger partial charge in [-0.2, -0.15) is 0 Å². The van der Waals surface area contributed by atoms with E-state index in [1.165, 1.54) is 0 Å². The number of hydrogen-bond acceptors (Lipinski definition) is 2. The highest BCUT2D eigenvalue weighted by Gasteiger charge is 2.53. The maximum absolute atomic E-state index is 15.5. The lowest BCUT2D eigenvalue weighted by Crippen LogP contribution is -2.65. The van der Waals surface area contributed by atoms with Crippen molar-refractivity contribution in [3.8, 4) is 0 Å². The van der Waals surface area contributed by atoms with Gasteiger partial charge in [-0.25, -0.2) is 0 Å². The van der Waals surface area contributed by atoms with Gasteiger partial charge in [0.1, 0.15) is 19.1 Å². The molecule has 0 aliphatic carbocycles. The zero-order valence-corrected chi connectivity index (χ0v) is 13.1. The quantitative estimate of drug-likeness (QED) is 0.645. The van der Waals surface area contributed by atoms with Gasteiger partial charge in [0.2, 0.25) is 0 Å². The number of halogens is 1. The third-order valence-corrected chi connectivity index (χ3v) is 5.77. The number of nitrogens with zero attached hydrogens (tertiary/aromatic N) is 2. The molecule has 0 N–H and O–H groups in total. The van der Waals surface area contributed by atoms with Gasteiger partial charge in [-0.05, 0) is 34.2 Å². The van der Waals surface area contributed by atoms with Crippen LogP contribution in [-0.2, 0) is 0 Å². The van der Waals surface area contributed by atoms with Crippen LogP contribution in [0.15, 0.2) is 49.2 Å². The maximum atomic E-state index is 15.5. The molecule has 2 aromatic rings. The summed E-state index contributed by atoms with van der Waals surface area (Å²) in [6.45, 7) is 4.70. The molecule has 3 nitrogen and oxygen atoms in total. The molecule has 1 aromatic heterocycles. The fraction of sp³-hybridized carbons (Fsp3) is 0.421. The van der Waals surface area contributed by atoms with Crippen LogP contribution in [0.25, 0.3) is 10.9 Å². The summed E-state index contributed by atoms with van der Waals surface area (Å²) in [6, 6.07) is 8.88. The molecule has 120 valence electrons. The summed E-state index contributed by atoms with van der Waals surface area (Å²) < 4.78 is 14.9. The molecule has 4 heteroatoms. The molecule has 3 aliphatic rings. The Balaban J connectivity index is 1.72. The van der Waals surface area contributed by atoms with E-state index < -0.39 is 16.9 Å². The Morgan fingerprint density at radius 3 is 2.96 bits per heavy atom. The van der Waals surface area contributed by atoms with Gasteiger partial charge in [0.15, 0.2) is 0 Å². The fourth-order valence-electron chi connectivity index (χ4n) is 4.48. The van der Waals surface area contributed by atoms with E-state index in [9.17, 15) is 5.11 Å². The Bertz CT molecular complexity index is 744. The minimum atomic E-state index is -1.05. The number of pyridine rings is 1. The Hall–Kier alpha value is -1.78. The first-order valence-electron chi connectivity index (χ1n) is 8.31. The molecule has 3 fully saturated rings. The molecule has 3 aliphatic heterocycles. The Labute approximate surface area is 135 Å². The van der Waals surface area contributed by atoms with Crippen molar-refractivity contribution >= 4 is 10.9 Å². The van der Waals surface area contributed by atoms with E-state index >= 15 is 4.48 Å². The summed E-state index contributed by atoms with van der Waals surface area (Å²) in [5.74, 6) is 0.601. The van der Waals surface area contributed by atoms with Crippen molar-refractivity contribution < 1.29 is 14.3 Å². The van der Waals surface area contributed by atoms with Crippen LogP contribution in [-0.4, -0.2) is 28.8 Å². The lowest BCUT2D eigenvalue weighted by atomic mass is 9.73. The Kier molecular flexibility index (Phi) is 3.47. The number of quaternary nitrogens is 1. The molecule has 1 aromatic carbocycles. The molecule has 5 atom stereocenters. The van der Waals surface area contributed by atoms with Gasteiger partial charge in [0.25, 0.3) is 0 Å². The molecule has 0 amide bonds. The smallest absolute Gasteiger partial charge is 0.122 e. The highest BCUT2D eigenvalue weighted by atomic mass is 19.2. The summed E-state index contributed by atoms with van der Waals surface area (Å²) in [4.78, 5) is 4.31. The standard InChI is InChI=1S/C19H21FN2O/c1-2-13-12-22(20)10-8-14(13)11-18(22)19(23)16-7-9-21-17-6-4-3-5-15(16)17/h2-7,9,13-14,18-19H,1,8,10-12H2. The monoisotopic (exact) mass is 312 g/mol. The summed E-state index contributed by atoms with van der Waals surface area (Å²) in [5.41, 5.74) is 1.48. The molecule has 23 heavy (non-hydrogen) atoms. The van der Waals surface area contributed by atoms with Crippen molar-refractivity contribution in [3.63, 3.8) is 0 Å². The van der Waals surface area contributed by atoms with E-state index in [0.717, 1.165) is 17.3 Å². The van der Waals surface area contributed by atoms with Crippen LogP contribution in [0.3, 0.4) is 0 Å². The Morgan fingerprint density at radius 1 is 1.35 bits per heavy atom. The molecule has 0 radical (unpaired) electrons. The lowest BCUT2D eigenvalue weighted by Gasteiger charge is -2.53. The van der Waals surface area contributed by atoms with Crippen LogP contribution in [0.2, 0.25) is 0 Å². The second-order valence-electron chi connectivity index (χ2n) is 6.92. The summed E-state index contributed by atoms with van der Waals surface area (Å²) in [7, 11) is 0. The Morgan fingerprint density at radius 2 is 2.17 bits per heavy atom. The lowest BCUT2D eigenvalue weighted by molar-refractivity contribution is -1.10. The highest BCUT2D eigenvalue weighted by Crippen LogP contribution is 2.46. The number of benzene rings is 1. The molecule has 4 heterocycles. The van der Waals surface area contributed by atoms with Crippen LogP contribution in [0.4, 0.5) is 4.48 Å². The zero-order chi connectivity index (χ0) is 16.0. The van der Waals surface area contributed by atoms with Crippen molar-refractivity contribution in [2.24, 2.45) is 11.8 Å². The number of piperidine rings is 3. The number of rotatable bonds is 3. The number of para-hydroxylation sites is 1. The largest absolute Gasteiger partial charge is 0.844 e. The van der Waals surface area contributed by atoms with Gasteiger partial charge in [-0.3, -0.25) is 4.98 Å². The molecule has 2 bridgehead atoms. The van der Waals surface area contributed by atoms with Crippen molar-refractivity contribution in [2.45, 2.75) is 25.0 Å². The van der Waals surface area contributed by atoms with E-state index in [1.807, 2.05) is 30.3 Å². The van der Waals surface area contributed by atoms with Gasteiger partial charge >= 0.3 is 0 Å². The van der Waals surface area contributed by atoms with Gasteiger partial charge in [0, 0.05) is 30.3 Å². The summed E-state index contributed by atoms with van der Waals surface area (Å²) in [6.07, 6.45) is 3.98. The van der Waals surface area contributed by atoms with E-state index in [0.29, 0.717) is 31.0 Å². The molecular formula is C19H21FN2O. The molecular weight excluding hydrogens is 291 g/mol. The van der Waals surface area contributed by atoms with Crippen molar-refractivity contribution in [1.29, 1.82) is 0 Å². The third kappa shape index (κ3) is 2.28.